The van der Waals surface area contributed by atoms with Gasteiger partial charge in [-0.05, 0) is 61.2 Å². The molecule has 152 valence electrons. The summed E-state index contributed by atoms with van der Waals surface area (Å²) in [4.78, 5) is 0. The van der Waals surface area contributed by atoms with Crippen molar-refractivity contribution in [1.82, 2.24) is 5.32 Å². The van der Waals surface area contributed by atoms with E-state index in [0.717, 1.165) is 40.7 Å². The molecule has 0 aliphatic carbocycles. The first-order chi connectivity index (χ1) is 14.0. The van der Waals surface area contributed by atoms with Crippen molar-refractivity contribution in [1.29, 1.82) is 0 Å². The van der Waals surface area contributed by atoms with Crippen LogP contribution >= 0.6 is 39.1 Å². The van der Waals surface area contributed by atoms with Gasteiger partial charge in [-0.1, -0.05) is 75.5 Å². The van der Waals surface area contributed by atoms with Crippen LogP contribution in [0.25, 0.3) is 0 Å². The summed E-state index contributed by atoms with van der Waals surface area (Å²) >= 11 is 15.7. The highest BCUT2D eigenvalue weighted by Gasteiger charge is 2.09. The third-order valence-electron chi connectivity index (χ3n) is 4.75. The van der Waals surface area contributed by atoms with Gasteiger partial charge in [-0.3, -0.25) is 0 Å². The SMILES string of the molecule is C[C@@H](CCc1ccccc1)NCc1cc(Br)ccc1OCc1ccc(Cl)c(Cl)c1. The van der Waals surface area contributed by atoms with E-state index in [1.807, 2.05) is 24.3 Å². The van der Waals surface area contributed by atoms with Crippen LogP contribution in [0.15, 0.2) is 71.2 Å². The van der Waals surface area contributed by atoms with Crippen LogP contribution in [0.5, 0.6) is 5.75 Å². The average molecular weight is 493 g/mol. The van der Waals surface area contributed by atoms with E-state index in [0.29, 0.717) is 22.7 Å². The standard InChI is InChI=1S/C24H24BrCl2NO/c1-17(7-8-18-5-3-2-4-6-18)28-15-20-14-21(25)10-12-24(20)29-16-19-9-11-22(26)23(27)13-19/h2-6,9-14,17,28H,7-8,15-16H2,1H3/t17-/m0/s1. The van der Waals surface area contributed by atoms with Crippen LogP contribution in [0.4, 0.5) is 0 Å². The maximum Gasteiger partial charge on any atom is 0.124 e. The topological polar surface area (TPSA) is 21.3 Å². The van der Waals surface area contributed by atoms with Gasteiger partial charge in [-0.15, -0.1) is 0 Å². The fourth-order valence-corrected chi connectivity index (χ4v) is 3.76. The Balaban J connectivity index is 1.57. The molecule has 0 aliphatic rings. The van der Waals surface area contributed by atoms with E-state index >= 15 is 0 Å². The predicted molar refractivity (Wildman–Crippen MR) is 126 cm³/mol. The molecule has 3 rings (SSSR count). The van der Waals surface area contributed by atoms with E-state index in [4.69, 9.17) is 27.9 Å². The molecule has 29 heavy (non-hydrogen) atoms. The van der Waals surface area contributed by atoms with Crippen LogP contribution in [0.2, 0.25) is 10.0 Å². The fourth-order valence-electron chi connectivity index (χ4n) is 3.03. The molecule has 2 nitrogen and oxygen atoms in total. The van der Waals surface area contributed by atoms with Crippen LogP contribution in [0.3, 0.4) is 0 Å². The monoisotopic (exact) mass is 491 g/mol. The first-order valence-corrected chi connectivity index (χ1v) is 11.2. The zero-order valence-electron chi connectivity index (χ0n) is 16.3. The van der Waals surface area contributed by atoms with Gasteiger partial charge in [-0.25, -0.2) is 0 Å². The van der Waals surface area contributed by atoms with Crippen LogP contribution in [-0.2, 0) is 19.6 Å². The minimum Gasteiger partial charge on any atom is -0.489 e. The first kappa shape index (κ1) is 22.2. The largest absolute Gasteiger partial charge is 0.489 e. The second kappa shape index (κ2) is 11.0. The Morgan fingerprint density at radius 2 is 1.72 bits per heavy atom. The van der Waals surface area contributed by atoms with E-state index in [1.54, 1.807) is 6.07 Å². The van der Waals surface area contributed by atoms with Crippen molar-refractivity contribution < 1.29 is 4.74 Å². The van der Waals surface area contributed by atoms with Crippen molar-refractivity contribution in [2.75, 3.05) is 0 Å². The summed E-state index contributed by atoms with van der Waals surface area (Å²) in [6, 6.07) is 22.6. The van der Waals surface area contributed by atoms with Crippen molar-refractivity contribution in [2.24, 2.45) is 0 Å². The molecule has 0 saturated heterocycles. The summed E-state index contributed by atoms with van der Waals surface area (Å²) in [5.41, 5.74) is 3.47. The molecule has 0 spiro atoms. The van der Waals surface area contributed by atoms with Gasteiger partial charge < -0.3 is 10.1 Å². The molecule has 0 fully saturated rings. The Hall–Kier alpha value is -1.52. The smallest absolute Gasteiger partial charge is 0.124 e. The molecule has 0 aromatic heterocycles. The number of rotatable bonds is 9. The Bertz CT molecular complexity index is 933. The molecule has 1 atom stereocenters. The maximum atomic E-state index is 6.10. The van der Waals surface area contributed by atoms with Gasteiger partial charge in [-0.2, -0.15) is 0 Å². The minimum absolute atomic E-state index is 0.400. The van der Waals surface area contributed by atoms with Crippen molar-refractivity contribution in [3.8, 4) is 5.75 Å². The van der Waals surface area contributed by atoms with Crippen LogP contribution in [0, 0.1) is 0 Å². The van der Waals surface area contributed by atoms with Crippen molar-refractivity contribution in [3.05, 3.63) is 97.9 Å². The lowest BCUT2D eigenvalue weighted by Gasteiger charge is -2.17. The lowest BCUT2D eigenvalue weighted by Crippen LogP contribution is -2.26. The number of halogens is 3. The van der Waals surface area contributed by atoms with Crippen LogP contribution < -0.4 is 10.1 Å². The molecule has 0 saturated carbocycles. The molecular weight excluding hydrogens is 469 g/mol. The van der Waals surface area contributed by atoms with Crippen LogP contribution in [-0.4, -0.2) is 6.04 Å². The lowest BCUT2D eigenvalue weighted by molar-refractivity contribution is 0.301. The maximum absolute atomic E-state index is 6.10. The summed E-state index contributed by atoms with van der Waals surface area (Å²) in [7, 11) is 0. The van der Waals surface area contributed by atoms with Crippen LogP contribution in [0.1, 0.15) is 30.0 Å². The predicted octanol–water partition coefficient (Wildman–Crippen LogP) is 7.45. The van der Waals surface area contributed by atoms with Gasteiger partial charge >= 0.3 is 0 Å². The Morgan fingerprint density at radius 3 is 2.48 bits per heavy atom. The molecular formula is C24H24BrCl2NO. The molecule has 0 bridgehead atoms. The second-order valence-corrected chi connectivity index (χ2v) is 8.83. The summed E-state index contributed by atoms with van der Waals surface area (Å²) in [6.07, 6.45) is 2.14. The van der Waals surface area contributed by atoms with Crippen molar-refractivity contribution in [2.45, 2.75) is 39.0 Å². The number of hydrogen-bond acceptors (Lipinski definition) is 2. The van der Waals surface area contributed by atoms with E-state index < -0.39 is 0 Å². The van der Waals surface area contributed by atoms with Gasteiger partial charge in [0.25, 0.3) is 0 Å². The Kier molecular flexibility index (Phi) is 8.43. The molecule has 1 N–H and O–H groups in total. The molecule has 5 heteroatoms. The Labute approximate surface area is 191 Å². The number of aryl methyl sites for hydroxylation is 1. The molecule has 0 heterocycles. The quantitative estimate of drug-likeness (QED) is 0.335. The highest BCUT2D eigenvalue weighted by molar-refractivity contribution is 9.10. The minimum atomic E-state index is 0.400. The molecule has 0 unspecified atom stereocenters. The molecule has 3 aromatic rings. The van der Waals surface area contributed by atoms with Gasteiger partial charge in [0.15, 0.2) is 0 Å². The summed E-state index contributed by atoms with van der Waals surface area (Å²) in [6.45, 7) is 3.40. The van der Waals surface area contributed by atoms with E-state index in [1.165, 1.54) is 5.56 Å². The number of hydrogen-bond donors (Lipinski definition) is 1. The van der Waals surface area contributed by atoms with Gasteiger partial charge in [0.05, 0.1) is 10.0 Å². The van der Waals surface area contributed by atoms with Crippen molar-refractivity contribution >= 4 is 39.1 Å². The number of nitrogens with one attached hydrogen (secondary N) is 1. The number of ether oxygens (including phenoxy) is 1. The van der Waals surface area contributed by atoms with Gasteiger partial charge in [0.1, 0.15) is 12.4 Å². The summed E-state index contributed by atoms with van der Waals surface area (Å²) in [5.74, 6) is 0.863. The zero-order chi connectivity index (χ0) is 20.6. The summed E-state index contributed by atoms with van der Waals surface area (Å²) in [5, 5.41) is 4.70. The zero-order valence-corrected chi connectivity index (χ0v) is 19.4. The van der Waals surface area contributed by atoms with E-state index in [-0.39, 0.29) is 0 Å². The number of benzene rings is 3. The Morgan fingerprint density at radius 1 is 0.931 bits per heavy atom. The summed E-state index contributed by atoms with van der Waals surface area (Å²) < 4.78 is 7.11. The highest BCUT2D eigenvalue weighted by Crippen LogP contribution is 2.26. The first-order valence-electron chi connectivity index (χ1n) is 9.63. The van der Waals surface area contributed by atoms with Gasteiger partial charge in [0, 0.05) is 22.6 Å². The van der Waals surface area contributed by atoms with E-state index in [2.05, 4.69) is 64.6 Å². The highest BCUT2D eigenvalue weighted by atomic mass is 79.9. The molecule has 0 aliphatic heterocycles. The molecule has 3 aromatic carbocycles. The third kappa shape index (κ3) is 7.04. The van der Waals surface area contributed by atoms with Crippen molar-refractivity contribution in [3.63, 3.8) is 0 Å². The van der Waals surface area contributed by atoms with E-state index in [9.17, 15) is 0 Å². The molecule has 0 radical (unpaired) electrons. The lowest BCUT2D eigenvalue weighted by atomic mass is 10.1. The second-order valence-electron chi connectivity index (χ2n) is 7.10. The molecule has 0 amide bonds. The third-order valence-corrected chi connectivity index (χ3v) is 5.98. The average Bonchev–Trinajstić information content (AvgIpc) is 2.73. The van der Waals surface area contributed by atoms with Gasteiger partial charge in [0.2, 0.25) is 0 Å². The fraction of sp³-hybridized carbons (Fsp3) is 0.250. The normalized spacial score (nSPS) is 12.0.